The number of amides is 2. The number of aryl methyl sites for hydroxylation is 1. The molecular formula is C23H21N3O3S2. The maximum atomic E-state index is 13.6. The van der Waals surface area contributed by atoms with E-state index in [1.165, 1.54) is 16.7 Å². The lowest BCUT2D eigenvalue weighted by molar-refractivity contribution is -0.115. The topological polar surface area (TPSA) is 53.1 Å². The highest BCUT2D eigenvalue weighted by Crippen LogP contribution is 2.45. The summed E-state index contributed by atoms with van der Waals surface area (Å²) in [5, 5.41) is 0. The average molecular weight is 452 g/mol. The molecule has 6 nitrogen and oxygen atoms in total. The molecular weight excluding hydrogens is 430 g/mol. The lowest BCUT2D eigenvalue weighted by atomic mass is 10.1. The summed E-state index contributed by atoms with van der Waals surface area (Å²) in [6.07, 6.45) is 0. The molecule has 0 saturated carbocycles. The third kappa shape index (κ3) is 3.49. The van der Waals surface area contributed by atoms with Crippen LogP contribution in [0.1, 0.15) is 11.1 Å². The Hall–Kier alpha value is -2.52. The van der Waals surface area contributed by atoms with E-state index >= 15 is 0 Å². The highest BCUT2D eigenvalue weighted by Gasteiger charge is 2.43. The summed E-state index contributed by atoms with van der Waals surface area (Å²) < 4.78 is 5.87. The number of thioether (sulfide) groups is 1. The van der Waals surface area contributed by atoms with Crippen molar-refractivity contribution in [3.05, 3.63) is 64.6 Å². The second-order valence-electron chi connectivity index (χ2n) is 7.62. The minimum atomic E-state index is -0.240. The van der Waals surface area contributed by atoms with Crippen LogP contribution in [0.5, 0.6) is 0 Å². The number of nitrogens with zero attached hydrogens (tertiary/aromatic N) is 3. The van der Waals surface area contributed by atoms with Gasteiger partial charge in [0.2, 0.25) is 0 Å². The zero-order valence-electron chi connectivity index (χ0n) is 17.0. The van der Waals surface area contributed by atoms with Crippen molar-refractivity contribution in [3.8, 4) is 0 Å². The van der Waals surface area contributed by atoms with Gasteiger partial charge in [0.15, 0.2) is 4.32 Å². The molecule has 2 amide bonds. The molecule has 0 radical (unpaired) electrons. The normalized spacial score (nSPS) is 21.9. The first-order valence-corrected chi connectivity index (χ1v) is 11.4. The number of anilines is 2. The lowest BCUT2D eigenvalue weighted by Gasteiger charge is -2.30. The number of carbonyl (C=O) groups is 2. The minimum Gasteiger partial charge on any atom is -0.379 e. The molecule has 2 aromatic rings. The SMILES string of the molecule is Cc1ccccc1N1C(=O)C(=C2C(=O)N(CN3CCOCC3)c3ccccc32)SC1=S. The van der Waals surface area contributed by atoms with Gasteiger partial charge in [-0.25, -0.2) is 0 Å². The Morgan fingerprint density at radius 1 is 0.968 bits per heavy atom. The highest BCUT2D eigenvalue weighted by molar-refractivity contribution is 8.27. The van der Waals surface area contributed by atoms with Crippen LogP contribution >= 0.6 is 24.0 Å². The number of para-hydroxylation sites is 2. The Morgan fingerprint density at radius 2 is 1.65 bits per heavy atom. The van der Waals surface area contributed by atoms with Gasteiger partial charge in [0.05, 0.1) is 41.7 Å². The summed E-state index contributed by atoms with van der Waals surface area (Å²) in [4.78, 5) is 32.9. The molecule has 3 aliphatic heterocycles. The highest BCUT2D eigenvalue weighted by atomic mass is 32.2. The van der Waals surface area contributed by atoms with E-state index < -0.39 is 0 Å². The quantitative estimate of drug-likeness (QED) is 0.527. The van der Waals surface area contributed by atoms with Gasteiger partial charge in [0, 0.05) is 18.7 Å². The number of thiocarbonyl (C=S) groups is 1. The molecule has 0 aliphatic carbocycles. The second kappa shape index (κ2) is 8.20. The molecule has 8 heteroatoms. The largest absolute Gasteiger partial charge is 0.379 e. The number of fused-ring (bicyclic) bond motifs is 1. The number of ether oxygens (including phenoxy) is 1. The Bertz CT molecular complexity index is 1120. The van der Waals surface area contributed by atoms with E-state index in [4.69, 9.17) is 17.0 Å². The third-order valence-electron chi connectivity index (χ3n) is 5.72. The Labute approximate surface area is 190 Å². The van der Waals surface area contributed by atoms with Crippen molar-refractivity contribution < 1.29 is 14.3 Å². The summed E-state index contributed by atoms with van der Waals surface area (Å²) in [5.41, 5.74) is 3.76. The van der Waals surface area contributed by atoms with Crippen LogP contribution in [0.4, 0.5) is 11.4 Å². The van der Waals surface area contributed by atoms with E-state index in [0.717, 1.165) is 35.6 Å². The maximum Gasteiger partial charge on any atom is 0.271 e. The van der Waals surface area contributed by atoms with Crippen molar-refractivity contribution in [3.63, 3.8) is 0 Å². The van der Waals surface area contributed by atoms with Gasteiger partial charge in [-0.05, 0) is 24.6 Å². The van der Waals surface area contributed by atoms with Crippen LogP contribution in [0.2, 0.25) is 0 Å². The molecule has 0 N–H and O–H groups in total. The lowest BCUT2D eigenvalue weighted by Crippen LogP contribution is -2.45. The Balaban J connectivity index is 1.55. The van der Waals surface area contributed by atoms with E-state index in [-0.39, 0.29) is 11.8 Å². The predicted molar refractivity (Wildman–Crippen MR) is 127 cm³/mol. The second-order valence-corrected chi connectivity index (χ2v) is 9.27. The fraction of sp³-hybridized carbons (Fsp3) is 0.261. The number of carbonyl (C=O) groups excluding carboxylic acids is 2. The van der Waals surface area contributed by atoms with Crippen molar-refractivity contribution in [2.45, 2.75) is 6.92 Å². The molecule has 0 bridgehead atoms. The van der Waals surface area contributed by atoms with Crippen LogP contribution in [-0.2, 0) is 14.3 Å². The molecule has 158 valence electrons. The molecule has 2 fully saturated rings. The zero-order valence-corrected chi connectivity index (χ0v) is 18.7. The van der Waals surface area contributed by atoms with Crippen molar-refractivity contribution in [1.82, 2.24) is 4.90 Å². The minimum absolute atomic E-state index is 0.155. The van der Waals surface area contributed by atoms with Crippen molar-refractivity contribution in [2.75, 3.05) is 42.8 Å². The standard InChI is InChI=1S/C23H21N3O3S2/c1-15-6-2-4-8-17(15)26-22(28)20(31-23(26)30)19-16-7-3-5-9-18(16)25(21(19)27)14-24-10-12-29-13-11-24/h2-9H,10-14H2,1H3. The molecule has 2 aromatic carbocycles. The van der Waals surface area contributed by atoms with Gasteiger partial charge < -0.3 is 4.74 Å². The Kier molecular flexibility index (Phi) is 5.39. The van der Waals surface area contributed by atoms with E-state index in [0.29, 0.717) is 34.7 Å². The van der Waals surface area contributed by atoms with Crippen LogP contribution in [0.3, 0.4) is 0 Å². The molecule has 3 heterocycles. The van der Waals surface area contributed by atoms with Crippen LogP contribution in [0.25, 0.3) is 5.57 Å². The summed E-state index contributed by atoms with van der Waals surface area (Å²) in [5.74, 6) is -0.395. The third-order valence-corrected chi connectivity index (χ3v) is 7.09. The van der Waals surface area contributed by atoms with Gasteiger partial charge in [-0.1, -0.05) is 60.4 Å². The fourth-order valence-corrected chi connectivity index (χ4v) is 5.48. The van der Waals surface area contributed by atoms with E-state index in [2.05, 4.69) is 4.90 Å². The first-order valence-electron chi connectivity index (χ1n) is 10.1. The molecule has 0 aromatic heterocycles. The average Bonchev–Trinajstić information content (AvgIpc) is 3.22. The van der Waals surface area contributed by atoms with Gasteiger partial charge in [-0.15, -0.1) is 0 Å². The summed E-state index contributed by atoms with van der Waals surface area (Å²) in [7, 11) is 0. The van der Waals surface area contributed by atoms with Crippen LogP contribution in [-0.4, -0.2) is 54.0 Å². The Morgan fingerprint density at radius 3 is 2.39 bits per heavy atom. The van der Waals surface area contributed by atoms with Gasteiger partial charge in [-0.2, -0.15) is 0 Å². The van der Waals surface area contributed by atoms with Crippen LogP contribution in [0.15, 0.2) is 53.4 Å². The number of rotatable bonds is 3. The van der Waals surface area contributed by atoms with Gasteiger partial charge in [0.1, 0.15) is 0 Å². The number of morpholine rings is 1. The summed E-state index contributed by atoms with van der Waals surface area (Å²) in [6, 6.07) is 15.3. The monoisotopic (exact) mass is 451 g/mol. The zero-order chi connectivity index (χ0) is 21.5. The summed E-state index contributed by atoms with van der Waals surface area (Å²) in [6.45, 7) is 5.28. The molecule has 3 aliphatic rings. The maximum absolute atomic E-state index is 13.6. The molecule has 2 saturated heterocycles. The van der Waals surface area contributed by atoms with Crippen molar-refractivity contribution >= 4 is 57.1 Å². The van der Waals surface area contributed by atoms with E-state index in [1.807, 2.05) is 55.5 Å². The number of hydrogen-bond acceptors (Lipinski definition) is 6. The van der Waals surface area contributed by atoms with E-state index in [9.17, 15) is 9.59 Å². The van der Waals surface area contributed by atoms with Crippen molar-refractivity contribution in [2.24, 2.45) is 0 Å². The van der Waals surface area contributed by atoms with Crippen molar-refractivity contribution in [1.29, 1.82) is 0 Å². The van der Waals surface area contributed by atoms with Gasteiger partial charge >= 0.3 is 0 Å². The van der Waals surface area contributed by atoms with Crippen LogP contribution in [0, 0.1) is 6.92 Å². The van der Waals surface area contributed by atoms with Gasteiger partial charge in [-0.3, -0.25) is 24.3 Å². The van der Waals surface area contributed by atoms with Gasteiger partial charge in [0.25, 0.3) is 11.8 Å². The molecule has 0 atom stereocenters. The molecule has 31 heavy (non-hydrogen) atoms. The number of benzene rings is 2. The molecule has 5 rings (SSSR count). The smallest absolute Gasteiger partial charge is 0.271 e. The number of hydrogen-bond donors (Lipinski definition) is 0. The first kappa shape index (κ1) is 20.4. The fourth-order valence-electron chi connectivity index (χ4n) is 4.12. The molecule has 0 unspecified atom stereocenters. The predicted octanol–water partition coefficient (Wildman–Crippen LogP) is 3.41. The first-order chi connectivity index (χ1) is 15.1. The summed E-state index contributed by atoms with van der Waals surface area (Å²) >= 11 is 6.76. The van der Waals surface area contributed by atoms with Crippen LogP contribution < -0.4 is 9.80 Å². The molecule has 0 spiro atoms. The van der Waals surface area contributed by atoms with E-state index in [1.54, 1.807) is 4.90 Å².